The van der Waals surface area contributed by atoms with E-state index >= 15 is 0 Å². The Balaban J connectivity index is 0.938. The normalized spacial score (nSPS) is 12.6. The molecule has 0 saturated carbocycles. The molecule has 12 aromatic rings. The molecule has 11 aromatic carbocycles. The zero-order valence-electron chi connectivity index (χ0n) is 36.7. The van der Waals surface area contributed by atoms with Gasteiger partial charge in [-0.25, -0.2) is 0 Å². The molecule has 1 heterocycles. The molecular formula is C65H43NS. The summed E-state index contributed by atoms with van der Waals surface area (Å²) >= 11 is 1.87. The van der Waals surface area contributed by atoms with Crippen molar-refractivity contribution in [1.29, 1.82) is 0 Å². The van der Waals surface area contributed by atoms with E-state index in [9.17, 15) is 0 Å². The fraction of sp³-hybridized carbons (Fsp3) is 0.0154. The second-order valence-electron chi connectivity index (χ2n) is 17.6. The second kappa shape index (κ2) is 16.0. The molecule has 0 spiro atoms. The maximum atomic E-state index is 2.45. The zero-order valence-corrected chi connectivity index (χ0v) is 37.5. The van der Waals surface area contributed by atoms with Gasteiger partial charge in [-0.2, -0.15) is 0 Å². The van der Waals surface area contributed by atoms with Crippen LogP contribution in [0.5, 0.6) is 0 Å². The van der Waals surface area contributed by atoms with Crippen molar-refractivity contribution in [1.82, 2.24) is 0 Å². The van der Waals surface area contributed by atoms with Crippen molar-refractivity contribution < 1.29 is 0 Å². The van der Waals surface area contributed by atoms with E-state index in [4.69, 9.17) is 0 Å². The van der Waals surface area contributed by atoms with Gasteiger partial charge in [0.25, 0.3) is 0 Å². The van der Waals surface area contributed by atoms with Gasteiger partial charge < -0.3 is 4.90 Å². The van der Waals surface area contributed by atoms with Crippen LogP contribution in [0.25, 0.3) is 75.5 Å². The topological polar surface area (TPSA) is 3.24 Å². The van der Waals surface area contributed by atoms with E-state index in [0.29, 0.717) is 0 Å². The van der Waals surface area contributed by atoms with Gasteiger partial charge in [-0.05, 0) is 121 Å². The van der Waals surface area contributed by atoms with Crippen molar-refractivity contribution in [2.45, 2.75) is 5.41 Å². The first-order chi connectivity index (χ1) is 33.2. The first-order valence-electron chi connectivity index (χ1n) is 23.1. The highest BCUT2D eigenvalue weighted by atomic mass is 32.1. The molecule has 1 nitrogen and oxygen atoms in total. The molecule has 13 rings (SSSR count). The lowest BCUT2D eigenvalue weighted by atomic mass is 9.67. The molecule has 1 aliphatic rings. The molecule has 0 radical (unpaired) electrons. The molecule has 0 atom stereocenters. The highest BCUT2D eigenvalue weighted by Crippen LogP contribution is 2.57. The lowest BCUT2D eigenvalue weighted by molar-refractivity contribution is 0.769. The molecule has 314 valence electrons. The quantitative estimate of drug-likeness (QED) is 0.147. The van der Waals surface area contributed by atoms with E-state index in [1.807, 2.05) is 11.3 Å². The number of thiophene rings is 1. The van der Waals surface area contributed by atoms with Crippen molar-refractivity contribution >= 4 is 59.3 Å². The fourth-order valence-corrected chi connectivity index (χ4v) is 12.1. The van der Waals surface area contributed by atoms with Crippen molar-refractivity contribution in [3.8, 4) is 44.5 Å². The zero-order chi connectivity index (χ0) is 44.3. The Morgan fingerprint density at radius 3 is 1.54 bits per heavy atom. The van der Waals surface area contributed by atoms with E-state index in [1.165, 1.54) is 97.7 Å². The molecule has 0 aliphatic heterocycles. The second-order valence-corrected chi connectivity index (χ2v) is 18.7. The standard InChI is InChI=1S/C65H43NS/c1-3-18-49(19-4-1)65(50-20-5-2-6-21-50)60-27-12-9-23-55(60)56-40-34-47(42-61(56)65)44-30-36-51(37-31-44)66(62-28-13-10-24-57(62)54-26-15-17-46-16-7-8-22-53(46)54)52-38-32-45(33-39-52)48-35-41-59-58-25-11-14-29-63(58)67-64(59)43-48/h1-43H. The van der Waals surface area contributed by atoms with Crippen LogP contribution in [0.1, 0.15) is 22.3 Å². The molecule has 67 heavy (non-hydrogen) atoms. The van der Waals surface area contributed by atoms with Crippen molar-refractivity contribution in [2.75, 3.05) is 4.90 Å². The number of hydrogen-bond acceptors (Lipinski definition) is 2. The molecule has 0 N–H and O–H groups in total. The Hall–Kier alpha value is -8.30. The van der Waals surface area contributed by atoms with Gasteiger partial charge in [0.05, 0.1) is 11.1 Å². The number of rotatable bonds is 8. The van der Waals surface area contributed by atoms with E-state index in [2.05, 4.69) is 266 Å². The van der Waals surface area contributed by atoms with Gasteiger partial charge in [0.2, 0.25) is 0 Å². The molecule has 1 aromatic heterocycles. The minimum absolute atomic E-state index is 0.456. The van der Waals surface area contributed by atoms with Crippen LogP contribution in [0.3, 0.4) is 0 Å². The first-order valence-corrected chi connectivity index (χ1v) is 23.9. The minimum atomic E-state index is -0.456. The van der Waals surface area contributed by atoms with Crippen LogP contribution < -0.4 is 4.90 Å². The van der Waals surface area contributed by atoms with Gasteiger partial charge in [0, 0.05) is 37.1 Å². The van der Waals surface area contributed by atoms with Gasteiger partial charge >= 0.3 is 0 Å². The van der Waals surface area contributed by atoms with Crippen LogP contribution in [-0.2, 0) is 5.41 Å². The van der Waals surface area contributed by atoms with Crippen molar-refractivity contribution in [2.24, 2.45) is 0 Å². The van der Waals surface area contributed by atoms with Gasteiger partial charge in [-0.1, -0.05) is 212 Å². The molecule has 0 amide bonds. The lowest BCUT2D eigenvalue weighted by Crippen LogP contribution is -2.28. The average molecular weight is 870 g/mol. The molecule has 0 unspecified atom stereocenters. The summed E-state index contributed by atoms with van der Waals surface area (Å²) in [4.78, 5) is 2.43. The van der Waals surface area contributed by atoms with Crippen molar-refractivity contribution in [3.63, 3.8) is 0 Å². The van der Waals surface area contributed by atoms with E-state index in [0.717, 1.165) is 17.1 Å². The highest BCUT2D eigenvalue weighted by molar-refractivity contribution is 7.25. The monoisotopic (exact) mass is 869 g/mol. The summed E-state index contributed by atoms with van der Waals surface area (Å²) in [5.41, 5.74) is 17.8. The van der Waals surface area contributed by atoms with Crippen LogP contribution in [0.2, 0.25) is 0 Å². The number of nitrogens with zero attached hydrogens (tertiary/aromatic N) is 1. The van der Waals surface area contributed by atoms with Crippen LogP contribution in [0, 0.1) is 0 Å². The number of hydrogen-bond donors (Lipinski definition) is 0. The summed E-state index contributed by atoms with van der Waals surface area (Å²) in [5, 5.41) is 5.11. The minimum Gasteiger partial charge on any atom is -0.310 e. The smallest absolute Gasteiger partial charge is 0.0713 e. The Morgan fingerprint density at radius 1 is 0.299 bits per heavy atom. The maximum Gasteiger partial charge on any atom is 0.0713 e. The SMILES string of the molecule is c1ccc(C2(c3ccccc3)c3ccccc3-c3ccc(-c4ccc(N(c5ccc(-c6ccc7c(c6)sc6ccccc67)cc5)c5ccccc5-c5cccc6ccccc56)cc4)cc32)cc1. The van der Waals surface area contributed by atoms with Crippen LogP contribution in [-0.4, -0.2) is 0 Å². The number of para-hydroxylation sites is 1. The van der Waals surface area contributed by atoms with Gasteiger partial charge in [0.1, 0.15) is 0 Å². The number of fused-ring (bicyclic) bond motifs is 7. The van der Waals surface area contributed by atoms with Crippen molar-refractivity contribution in [3.05, 3.63) is 283 Å². The molecule has 0 fully saturated rings. The first kappa shape index (κ1) is 39.1. The number of benzene rings is 11. The van der Waals surface area contributed by atoms with Gasteiger partial charge in [-0.3, -0.25) is 0 Å². The third-order valence-electron chi connectivity index (χ3n) is 14.0. The van der Waals surface area contributed by atoms with Crippen LogP contribution >= 0.6 is 11.3 Å². The summed E-state index contributed by atoms with van der Waals surface area (Å²) in [7, 11) is 0. The van der Waals surface area contributed by atoms with Gasteiger partial charge in [-0.15, -0.1) is 11.3 Å². The highest BCUT2D eigenvalue weighted by Gasteiger charge is 2.46. The van der Waals surface area contributed by atoms with Gasteiger partial charge in [0.15, 0.2) is 0 Å². The average Bonchev–Trinajstić information content (AvgIpc) is 3.93. The van der Waals surface area contributed by atoms with Crippen LogP contribution in [0.4, 0.5) is 17.1 Å². The Bertz CT molecular complexity index is 3750. The summed E-state index contributed by atoms with van der Waals surface area (Å²) < 4.78 is 2.64. The van der Waals surface area contributed by atoms with Crippen LogP contribution in [0.15, 0.2) is 261 Å². The maximum absolute atomic E-state index is 2.45. The predicted octanol–water partition coefficient (Wildman–Crippen LogP) is 18.0. The molecular weight excluding hydrogens is 827 g/mol. The fourth-order valence-electron chi connectivity index (χ4n) is 10.9. The predicted molar refractivity (Wildman–Crippen MR) is 285 cm³/mol. The third kappa shape index (κ3) is 6.37. The van der Waals surface area contributed by atoms with E-state index < -0.39 is 5.41 Å². The summed E-state index contributed by atoms with van der Waals surface area (Å²) in [5.74, 6) is 0. The molecule has 1 aliphatic carbocycles. The lowest BCUT2D eigenvalue weighted by Gasteiger charge is -2.34. The Morgan fingerprint density at radius 2 is 0.806 bits per heavy atom. The molecule has 2 heteroatoms. The Kier molecular flexibility index (Phi) is 9.33. The largest absolute Gasteiger partial charge is 0.310 e. The Labute approximate surface area is 395 Å². The summed E-state index contributed by atoms with van der Waals surface area (Å²) in [6.45, 7) is 0. The van der Waals surface area contributed by atoms with E-state index in [1.54, 1.807) is 0 Å². The third-order valence-corrected chi connectivity index (χ3v) is 15.1. The number of anilines is 3. The molecule has 0 bridgehead atoms. The summed E-state index contributed by atoms with van der Waals surface area (Å²) in [6.07, 6.45) is 0. The van der Waals surface area contributed by atoms with E-state index in [-0.39, 0.29) is 0 Å². The summed E-state index contributed by atoms with van der Waals surface area (Å²) in [6, 6.07) is 96.3. The molecule has 0 saturated heterocycles.